The van der Waals surface area contributed by atoms with E-state index in [-0.39, 0.29) is 6.04 Å². The van der Waals surface area contributed by atoms with Crippen LogP contribution >= 0.6 is 0 Å². The number of rotatable bonds is 5. The molecule has 1 heterocycles. The summed E-state index contributed by atoms with van der Waals surface area (Å²) < 4.78 is 1.92. The molecule has 2 aromatic rings. The largest absolute Gasteiger partial charge is 0.379 e. The van der Waals surface area contributed by atoms with Gasteiger partial charge in [-0.15, -0.1) is 0 Å². The third-order valence-electron chi connectivity index (χ3n) is 2.59. The third-order valence-corrected chi connectivity index (χ3v) is 2.59. The average molecular weight is 230 g/mol. The molecule has 3 N–H and O–H groups in total. The van der Waals surface area contributed by atoms with E-state index in [0.717, 1.165) is 12.2 Å². The summed E-state index contributed by atoms with van der Waals surface area (Å²) >= 11 is 0. The van der Waals surface area contributed by atoms with Gasteiger partial charge in [-0.05, 0) is 12.5 Å². The highest BCUT2D eigenvalue weighted by atomic mass is 15.3. The molecule has 1 aromatic heterocycles. The van der Waals surface area contributed by atoms with Crippen molar-refractivity contribution in [3.05, 3.63) is 48.3 Å². The van der Waals surface area contributed by atoms with E-state index >= 15 is 0 Å². The van der Waals surface area contributed by atoms with Crippen molar-refractivity contribution >= 4 is 5.69 Å². The first-order chi connectivity index (χ1) is 8.28. The van der Waals surface area contributed by atoms with Crippen LogP contribution in [0.15, 0.2) is 42.7 Å². The Morgan fingerprint density at radius 2 is 2.12 bits per heavy atom. The van der Waals surface area contributed by atoms with E-state index in [0.29, 0.717) is 6.54 Å². The minimum Gasteiger partial charge on any atom is -0.379 e. The minimum atomic E-state index is 0.268. The van der Waals surface area contributed by atoms with E-state index in [1.165, 1.54) is 5.56 Å². The molecule has 1 aromatic carbocycles. The van der Waals surface area contributed by atoms with Gasteiger partial charge in [-0.2, -0.15) is 5.10 Å². The molecule has 0 aliphatic rings. The number of benzene rings is 1. The van der Waals surface area contributed by atoms with Crippen LogP contribution in [-0.4, -0.2) is 22.4 Å². The maximum atomic E-state index is 5.56. The summed E-state index contributed by atoms with van der Waals surface area (Å²) in [6.45, 7) is 3.46. The van der Waals surface area contributed by atoms with E-state index < -0.39 is 0 Å². The zero-order valence-corrected chi connectivity index (χ0v) is 10.0. The number of nitrogens with two attached hydrogens (primary N) is 1. The van der Waals surface area contributed by atoms with E-state index in [1.807, 2.05) is 35.3 Å². The predicted molar refractivity (Wildman–Crippen MR) is 69.9 cm³/mol. The van der Waals surface area contributed by atoms with Crippen LogP contribution in [0.5, 0.6) is 0 Å². The van der Waals surface area contributed by atoms with E-state index in [9.17, 15) is 0 Å². The number of aromatic nitrogens is 2. The second kappa shape index (κ2) is 5.50. The number of nitrogens with one attached hydrogen (secondary N) is 1. The predicted octanol–water partition coefficient (Wildman–Crippen LogP) is 1.69. The summed E-state index contributed by atoms with van der Waals surface area (Å²) in [6, 6.07) is 10.5. The summed E-state index contributed by atoms with van der Waals surface area (Å²) in [6.07, 6.45) is 3.83. The number of nitrogens with zero attached hydrogens (tertiary/aromatic N) is 2. The van der Waals surface area contributed by atoms with Gasteiger partial charge in [0.15, 0.2) is 0 Å². The van der Waals surface area contributed by atoms with Crippen molar-refractivity contribution in [2.24, 2.45) is 5.73 Å². The lowest BCUT2D eigenvalue weighted by Crippen LogP contribution is -2.24. The Hall–Kier alpha value is -1.81. The Labute approximate surface area is 101 Å². The van der Waals surface area contributed by atoms with Crippen molar-refractivity contribution in [2.75, 3.05) is 11.9 Å². The zero-order chi connectivity index (χ0) is 12.1. The van der Waals surface area contributed by atoms with Gasteiger partial charge in [0.2, 0.25) is 0 Å². The van der Waals surface area contributed by atoms with Crippen LogP contribution < -0.4 is 11.1 Å². The van der Waals surface area contributed by atoms with Gasteiger partial charge in [-0.1, -0.05) is 30.3 Å². The smallest absolute Gasteiger partial charge is 0.0729 e. The van der Waals surface area contributed by atoms with Crippen LogP contribution in [0.2, 0.25) is 0 Å². The van der Waals surface area contributed by atoms with Crippen LogP contribution in [0.25, 0.3) is 0 Å². The van der Waals surface area contributed by atoms with Crippen molar-refractivity contribution in [3.8, 4) is 0 Å². The van der Waals surface area contributed by atoms with Crippen molar-refractivity contribution in [2.45, 2.75) is 19.5 Å². The topological polar surface area (TPSA) is 55.9 Å². The van der Waals surface area contributed by atoms with Crippen LogP contribution in [-0.2, 0) is 6.54 Å². The second-order valence-electron chi connectivity index (χ2n) is 4.19. The first-order valence-electron chi connectivity index (χ1n) is 5.81. The molecule has 4 nitrogen and oxygen atoms in total. The van der Waals surface area contributed by atoms with Gasteiger partial charge in [0, 0.05) is 18.8 Å². The highest BCUT2D eigenvalue weighted by molar-refractivity contribution is 5.39. The Bertz CT molecular complexity index is 449. The Morgan fingerprint density at radius 1 is 1.35 bits per heavy atom. The fourth-order valence-electron chi connectivity index (χ4n) is 1.64. The molecule has 1 unspecified atom stereocenters. The van der Waals surface area contributed by atoms with Crippen LogP contribution in [0.3, 0.4) is 0 Å². The SMILES string of the molecule is CC(CN)Nc1cnn(Cc2ccccc2)c1. The normalized spacial score (nSPS) is 12.4. The Kier molecular flexibility index (Phi) is 3.77. The van der Waals surface area contributed by atoms with Gasteiger partial charge in [-0.3, -0.25) is 4.68 Å². The quantitative estimate of drug-likeness (QED) is 0.822. The molecule has 1 atom stereocenters. The standard InChI is InChI=1S/C13H18N4/c1-11(7-14)16-13-8-15-17(10-13)9-12-5-3-2-4-6-12/h2-6,8,10-11,16H,7,9,14H2,1H3. The van der Waals surface area contributed by atoms with Gasteiger partial charge in [0.05, 0.1) is 18.4 Å². The lowest BCUT2D eigenvalue weighted by molar-refractivity contribution is 0.687. The van der Waals surface area contributed by atoms with Gasteiger partial charge >= 0.3 is 0 Å². The van der Waals surface area contributed by atoms with Gasteiger partial charge in [0.1, 0.15) is 0 Å². The van der Waals surface area contributed by atoms with Crippen molar-refractivity contribution in [1.82, 2.24) is 9.78 Å². The molecule has 0 saturated heterocycles. The molecular formula is C13H18N4. The molecule has 17 heavy (non-hydrogen) atoms. The molecular weight excluding hydrogens is 212 g/mol. The Morgan fingerprint density at radius 3 is 2.82 bits per heavy atom. The molecule has 0 amide bonds. The molecule has 0 aliphatic heterocycles. The summed E-state index contributed by atoms with van der Waals surface area (Å²) in [5.41, 5.74) is 7.82. The first-order valence-corrected chi connectivity index (χ1v) is 5.81. The molecule has 0 bridgehead atoms. The first kappa shape index (κ1) is 11.7. The highest BCUT2D eigenvalue weighted by Gasteiger charge is 2.02. The monoisotopic (exact) mass is 230 g/mol. The van der Waals surface area contributed by atoms with Gasteiger partial charge in [-0.25, -0.2) is 0 Å². The molecule has 2 rings (SSSR count). The molecule has 0 spiro atoms. The molecule has 0 radical (unpaired) electrons. The van der Waals surface area contributed by atoms with Crippen LogP contribution in [0, 0.1) is 0 Å². The third kappa shape index (κ3) is 3.32. The molecule has 90 valence electrons. The van der Waals surface area contributed by atoms with Crippen molar-refractivity contribution in [1.29, 1.82) is 0 Å². The van der Waals surface area contributed by atoms with Gasteiger partial charge in [0.25, 0.3) is 0 Å². The fourth-order valence-corrected chi connectivity index (χ4v) is 1.64. The van der Waals surface area contributed by atoms with E-state index in [4.69, 9.17) is 5.73 Å². The molecule has 0 saturated carbocycles. The number of anilines is 1. The number of hydrogen-bond acceptors (Lipinski definition) is 3. The summed E-state index contributed by atoms with van der Waals surface area (Å²) in [7, 11) is 0. The zero-order valence-electron chi connectivity index (χ0n) is 10.0. The maximum Gasteiger partial charge on any atom is 0.0729 e. The Balaban J connectivity index is 1.99. The summed E-state index contributed by atoms with van der Waals surface area (Å²) in [5, 5.41) is 7.60. The lowest BCUT2D eigenvalue weighted by atomic mass is 10.2. The fraction of sp³-hybridized carbons (Fsp3) is 0.308. The van der Waals surface area contributed by atoms with Crippen LogP contribution in [0.1, 0.15) is 12.5 Å². The van der Waals surface area contributed by atoms with Crippen LogP contribution in [0.4, 0.5) is 5.69 Å². The summed E-state index contributed by atoms with van der Waals surface area (Å²) in [5.74, 6) is 0. The molecule has 0 fully saturated rings. The highest BCUT2D eigenvalue weighted by Crippen LogP contribution is 2.08. The minimum absolute atomic E-state index is 0.268. The van der Waals surface area contributed by atoms with E-state index in [1.54, 1.807) is 0 Å². The lowest BCUT2D eigenvalue weighted by Gasteiger charge is -2.09. The van der Waals surface area contributed by atoms with Gasteiger partial charge < -0.3 is 11.1 Å². The molecule has 4 heteroatoms. The maximum absolute atomic E-state index is 5.56. The number of hydrogen-bond donors (Lipinski definition) is 2. The average Bonchev–Trinajstić information content (AvgIpc) is 2.77. The summed E-state index contributed by atoms with van der Waals surface area (Å²) in [4.78, 5) is 0. The second-order valence-corrected chi connectivity index (χ2v) is 4.19. The van der Waals surface area contributed by atoms with E-state index in [2.05, 4.69) is 29.5 Å². The van der Waals surface area contributed by atoms with Crippen molar-refractivity contribution in [3.63, 3.8) is 0 Å². The van der Waals surface area contributed by atoms with Crippen molar-refractivity contribution < 1.29 is 0 Å². The molecule has 0 aliphatic carbocycles.